The second-order valence-corrected chi connectivity index (χ2v) is 6.07. The van der Waals surface area contributed by atoms with Crippen molar-refractivity contribution >= 4 is 21.7 Å². The van der Waals surface area contributed by atoms with E-state index >= 15 is 0 Å². The first kappa shape index (κ1) is 14.3. The van der Waals surface area contributed by atoms with Crippen LogP contribution in [0, 0.1) is 6.92 Å². The van der Waals surface area contributed by atoms with Crippen LogP contribution in [0.25, 0.3) is 0 Å². The third-order valence-corrected chi connectivity index (χ3v) is 4.37. The zero-order valence-corrected chi connectivity index (χ0v) is 13.5. The summed E-state index contributed by atoms with van der Waals surface area (Å²) in [6.07, 6.45) is 2.62. The molecule has 21 heavy (non-hydrogen) atoms. The molecule has 1 aliphatic rings. The van der Waals surface area contributed by atoms with Crippen LogP contribution in [0.15, 0.2) is 29.0 Å². The Morgan fingerprint density at radius 3 is 2.86 bits per heavy atom. The summed E-state index contributed by atoms with van der Waals surface area (Å²) in [5, 5.41) is 14.2. The van der Waals surface area contributed by atoms with Gasteiger partial charge in [-0.05, 0) is 35.0 Å². The number of ether oxygens (including phenoxy) is 1. The monoisotopic (exact) mass is 352 g/mol. The lowest BCUT2D eigenvalue weighted by Crippen LogP contribution is -2.29. The minimum atomic E-state index is -0.545. The maximum atomic E-state index is 10.2. The molecular weight excluding hydrogens is 336 g/mol. The minimum Gasteiger partial charge on any atom is -0.482 e. The molecule has 0 aliphatic carbocycles. The molecule has 0 spiro atoms. The standard InChI is InChI=1S/C14H17BrN4O2/c1-9-11(15)3-4-14(17-9)19-7-12(20)13(8-19)21-10-5-16-18(2)6-10/h3-6,12-13,20H,7-8H2,1-2H3/t12-,13-/m1/s1. The number of β-amino-alcohol motifs (C(OH)–C–C–N with tert-alkyl or cyclic N) is 1. The van der Waals surface area contributed by atoms with Crippen molar-refractivity contribution in [3.05, 3.63) is 34.7 Å². The molecule has 1 fully saturated rings. The van der Waals surface area contributed by atoms with Crippen molar-refractivity contribution in [3.63, 3.8) is 0 Å². The number of halogens is 1. The number of nitrogens with zero attached hydrogens (tertiary/aromatic N) is 4. The van der Waals surface area contributed by atoms with Crippen LogP contribution in [0.2, 0.25) is 0 Å². The van der Waals surface area contributed by atoms with Crippen LogP contribution in [0.1, 0.15) is 5.69 Å². The van der Waals surface area contributed by atoms with E-state index in [0.29, 0.717) is 18.8 Å². The Bertz CT molecular complexity index is 646. The molecule has 112 valence electrons. The first-order chi connectivity index (χ1) is 10.0. The number of pyridine rings is 1. The lowest BCUT2D eigenvalue weighted by Gasteiger charge is -2.17. The van der Waals surface area contributed by atoms with E-state index in [-0.39, 0.29) is 6.10 Å². The number of hydrogen-bond acceptors (Lipinski definition) is 5. The van der Waals surface area contributed by atoms with Crippen LogP contribution in [0.3, 0.4) is 0 Å². The first-order valence-electron chi connectivity index (χ1n) is 6.74. The lowest BCUT2D eigenvalue weighted by atomic mass is 10.3. The zero-order chi connectivity index (χ0) is 15.0. The molecule has 0 aromatic carbocycles. The number of aliphatic hydroxyl groups is 1. The largest absolute Gasteiger partial charge is 0.482 e. The van der Waals surface area contributed by atoms with Crippen LogP contribution >= 0.6 is 15.9 Å². The van der Waals surface area contributed by atoms with Crippen LogP contribution in [-0.4, -0.2) is 45.2 Å². The number of rotatable bonds is 3. The summed E-state index contributed by atoms with van der Waals surface area (Å²) in [6.45, 7) is 3.06. The molecule has 3 rings (SSSR count). The van der Waals surface area contributed by atoms with Gasteiger partial charge in [0.25, 0.3) is 0 Å². The predicted octanol–water partition coefficient (Wildman–Crippen LogP) is 1.51. The van der Waals surface area contributed by atoms with E-state index in [1.165, 1.54) is 0 Å². The van der Waals surface area contributed by atoms with Gasteiger partial charge < -0.3 is 14.7 Å². The number of aryl methyl sites for hydroxylation is 2. The summed E-state index contributed by atoms with van der Waals surface area (Å²) in [5.74, 6) is 1.52. The summed E-state index contributed by atoms with van der Waals surface area (Å²) in [6, 6.07) is 3.91. The highest BCUT2D eigenvalue weighted by Gasteiger charge is 2.34. The fourth-order valence-corrected chi connectivity index (χ4v) is 2.62. The van der Waals surface area contributed by atoms with Crippen molar-refractivity contribution in [1.29, 1.82) is 0 Å². The third-order valence-electron chi connectivity index (χ3n) is 3.54. The molecular formula is C14H17BrN4O2. The number of hydrogen-bond donors (Lipinski definition) is 1. The summed E-state index contributed by atoms with van der Waals surface area (Å²) in [4.78, 5) is 6.56. The topological polar surface area (TPSA) is 63.4 Å². The van der Waals surface area contributed by atoms with Gasteiger partial charge in [0.15, 0.2) is 5.75 Å². The lowest BCUT2D eigenvalue weighted by molar-refractivity contribution is 0.0737. The fraction of sp³-hybridized carbons (Fsp3) is 0.429. The van der Waals surface area contributed by atoms with Crippen molar-refractivity contribution in [2.24, 2.45) is 7.05 Å². The maximum absolute atomic E-state index is 10.2. The molecule has 1 aliphatic heterocycles. The average Bonchev–Trinajstić information content (AvgIpc) is 3.00. The average molecular weight is 353 g/mol. The highest BCUT2D eigenvalue weighted by atomic mass is 79.9. The van der Waals surface area contributed by atoms with Gasteiger partial charge in [-0.25, -0.2) is 4.98 Å². The number of aromatic nitrogens is 3. The Hall–Kier alpha value is -1.60. The van der Waals surface area contributed by atoms with Gasteiger partial charge in [0.1, 0.15) is 18.0 Å². The zero-order valence-electron chi connectivity index (χ0n) is 11.9. The molecule has 7 heteroatoms. The Kier molecular flexibility index (Phi) is 3.86. The second-order valence-electron chi connectivity index (χ2n) is 5.22. The van der Waals surface area contributed by atoms with Gasteiger partial charge in [0, 0.05) is 18.1 Å². The van der Waals surface area contributed by atoms with Crippen LogP contribution in [0.5, 0.6) is 5.75 Å². The molecule has 2 aromatic rings. The van der Waals surface area contributed by atoms with E-state index in [9.17, 15) is 5.11 Å². The van der Waals surface area contributed by atoms with Crippen molar-refractivity contribution in [2.75, 3.05) is 18.0 Å². The normalized spacial score (nSPS) is 21.8. The molecule has 0 bridgehead atoms. The quantitative estimate of drug-likeness (QED) is 0.907. The molecule has 0 amide bonds. The van der Waals surface area contributed by atoms with E-state index in [1.807, 2.05) is 31.0 Å². The van der Waals surface area contributed by atoms with Gasteiger partial charge in [-0.1, -0.05) is 0 Å². The van der Waals surface area contributed by atoms with Gasteiger partial charge in [-0.3, -0.25) is 4.68 Å². The number of aliphatic hydroxyl groups excluding tert-OH is 1. The summed E-state index contributed by atoms with van der Waals surface area (Å²) >= 11 is 3.44. The second kappa shape index (κ2) is 5.65. The van der Waals surface area contributed by atoms with Gasteiger partial charge in [-0.2, -0.15) is 5.10 Å². The van der Waals surface area contributed by atoms with Crippen LogP contribution in [-0.2, 0) is 7.05 Å². The highest BCUT2D eigenvalue weighted by Crippen LogP contribution is 2.24. The number of anilines is 1. The molecule has 0 saturated carbocycles. The summed E-state index contributed by atoms with van der Waals surface area (Å²) < 4.78 is 8.46. The van der Waals surface area contributed by atoms with E-state index in [2.05, 4.69) is 26.0 Å². The molecule has 1 N–H and O–H groups in total. The van der Waals surface area contributed by atoms with E-state index in [0.717, 1.165) is 16.0 Å². The van der Waals surface area contributed by atoms with Gasteiger partial charge in [0.05, 0.1) is 24.6 Å². The smallest absolute Gasteiger partial charge is 0.157 e. The minimum absolute atomic E-state index is 0.278. The molecule has 6 nitrogen and oxygen atoms in total. The summed E-state index contributed by atoms with van der Waals surface area (Å²) in [5.41, 5.74) is 0.929. The Balaban J connectivity index is 1.71. The predicted molar refractivity (Wildman–Crippen MR) is 82.5 cm³/mol. The highest BCUT2D eigenvalue weighted by molar-refractivity contribution is 9.10. The van der Waals surface area contributed by atoms with Crippen molar-refractivity contribution < 1.29 is 9.84 Å². The van der Waals surface area contributed by atoms with Gasteiger partial charge >= 0.3 is 0 Å². The van der Waals surface area contributed by atoms with Crippen LogP contribution in [0.4, 0.5) is 5.82 Å². The molecule has 0 radical (unpaired) electrons. The Labute approximate surface area is 131 Å². The maximum Gasteiger partial charge on any atom is 0.157 e. The van der Waals surface area contributed by atoms with Gasteiger partial charge in [-0.15, -0.1) is 0 Å². The van der Waals surface area contributed by atoms with Gasteiger partial charge in [0.2, 0.25) is 0 Å². The SMILES string of the molecule is Cc1nc(N2C[C@@H](O)[C@H](Oc3cnn(C)c3)C2)ccc1Br. The first-order valence-corrected chi connectivity index (χ1v) is 7.53. The van der Waals surface area contributed by atoms with Crippen molar-refractivity contribution in [2.45, 2.75) is 19.1 Å². The van der Waals surface area contributed by atoms with E-state index in [1.54, 1.807) is 17.1 Å². The van der Waals surface area contributed by atoms with E-state index in [4.69, 9.17) is 4.74 Å². The third kappa shape index (κ3) is 3.03. The van der Waals surface area contributed by atoms with Crippen molar-refractivity contribution in [3.8, 4) is 5.75 Å². The summed E-state index contributed by atoms with van der Waals surface area (Å²) in [7, 11) is 1.83. The molecule has 3 heterocycles. The van der Waals surface area contributed by atoms with Crippen molar-refractivity contribution in [1.82, 2.24) is 14.8 Å². The molecule has 0 unspecified atom stereocenters. The Morgan fingerprint density at radius 2 is 2.19 bits per heavy atom. The Morgan fingerprint density at radius 1 is 1.38 bits per heavy atom. The van der Waals surface area contributed by atoms with E-state index < -0.39 is 6.10 Å². The molecule has 1 saturated heterocycles. The fourth-order valence-electron chi connectivity index (χ4n) is 2.40. The van der Waals surface area contributed by atoms with Crippen LogP contribution < -0.4 is 9.64 Å². The molecule has 2 aromatic heterocycles. The molecule has 2 atom stereocenters.